The van der Waals surface area contributed by atoms with Crippen molar-refractivity contribution >= 4 is 5.91 Å². The van der Waals surface area contributed by atoms with Gasteiger partial charge in [-0.05, 0) is 43.4 Å². The van der Waals surface area contributed by atoms with Crippen LogP contribution in [0, 0.1) is 5.92 Å². The van der Waals surface area contributed by atoms with Gasteiger partial charge in [0.1, 0.15) is 0 Å². The normalized spacial score (nSPS) is 17.1. The Labute approximate surface area is 138 Å². The average molecular weight is 317 g/mol. The third kappa shape index (κ3) is 3.80. The lowest BCUT2D eigenvalue weighted by Gasteiger charge is -2.27. The molecule has 0 aromatic heterocycles. The average Bonchev–Trinajstić information content (AvgIpc) is 3.30. The van der Waals surface area contributed by atoms with Gasteiger partial charge in [-0.15, -0.1) is 0 Å². The van der Waals surface area contributed by atoms with Crippen LogP contribution in [0.1, 0.15) is 57.9 Å². The zero-order chi connectivity index (χ0) is 16.2. The molecule has 0 spiro atoms. The van der Waals surface area contributed by atoms with Gasteiger partial charge in [0, 0.05) is 18.5 Å². The quantitative estimate of drug-likeness (QED) is 0.724. The molecule has 0 N–H and O–H groups in total. The Morgan fingerprint density at radius 1 is 1.26 bits per heavy atom. The second-order valence-electron chi connectivity index (χ2n) is 6.63. The number of amides is 1. The highest BCUT2D eigenvalue weighted by Gasteiger charge is 2.35. The highest BCUT2D eigenvalue weighted by molar-refractivity contribution is 5.79. The molecule has 3 rings (SSSR count). The van der Waals surface area contributed by atoms with E-state index in [-0.39, 0.29) is 5.92 Å². The van der Waals surface area contributed by atoms with Crippen LogP contribution in [0.3, 0.4) is 0 Å². The number of carbonyl (C=O) groups is 1. The molecule has 0 saturated heterocycles. The fraction of sp³-hybridized carbons (Fsp3) is 0.632. The molecule has 0 bridgehead atoms. The maximum atomic E-state index is 13.0. The number of nitrogens with zero attached hydrogens (tertiary/aromatic N) is 1. The number of hydrogen-bond acceptors (Lipinski definition) is 3. The summed E-state index contributed by atoms with van der Waals surface area (Å²) in [6.45, 7) is 5.29. The maximum absolute atomic E-state index is 13.0. The molecule has 1 heterocycles. The van der Waals surface area contributed by atoms with E-state index in [1.807, 2.05) is 18.2 Å². The van der Waals surface area contributed by atoms with Gasteiger partial charge < -0.3 is 14.4 Å². The van der Waals surface area contributed by atoms with Gasteiger partial charge in [-0.2, -0.15) is 0 Å². The van der Waals surface area contributed by atoms with Crippen LogP contribution in [0.4, 0.5) is 0 Å². The number of fused-ring (bicyclic) bond motifs is 1. The van der Waals surface area contributed by atoms with E-state index >= 15 is 0 Å². The molecule has 1 aliphatic heterocycles. The van der Waals surface area contributed by atoms with Crippen molar-refractivity contribution in [3.8, 4) is 11.5 Å². The van der Waals surface area contributed by atoms with E-state index < -0.39 is 0 Å². The van der Waals surface area contributed by atoms with Gasteiger partial charge in [-0.1, -0.05) is 32.8 Å². The van der Waals surface area contributed by atoms with Crippen LogP contribution in [0.15, 0.2) is 18.2 Å². The van der Waals surface area contributed by atoms with Crippen molar-refractivity contribution in [3.63, 3.8) is 0 Å². The van der Waals surface area contributed by atoms with E-state index in [2.05, 4.69) is 18.7 Å². The van der Waals surface area contributed by atoms with Crippen molar-refractivity contribution in [1.82, 2.24) is 4.90 Å². The highest BCUT2D eigenvalue weighted by Crippen LogP contribution is 2.35. The predicted molar refractivity (Wildman–Crippen MR) is 89.4 cm³/mol. The Morgan fingerprint density at radius 2 is 2.04 bits per heavy atom. The maximum Gasteiger partial charge on any atom is 0.231 e. The van der Waals surface area contributed by atoms with Crippen LogP contribution in [0.2, 0.25) is 0 Å². The first-order chi connectivity index (χ1) is 11.2. The molecule has 0 radical (unpaired) electrons. The third-order valence-corrected chi connectivity index (χ3v) is 4.81. The van der Waals surface area contributed by atoms with Crippen molar-refractivity contribution in [2.45, 2.75) is 65.0 Å². The van der Waals surface area contributed by atoms with Gasteiger partial charge in [-0.25, -0.2) is 0 Å². The van der Waals surface area contributed by atoms with Gasteiger partial charge in [-0.3, -0.25) is 4.79 Å². The Kier molecular flexibility index (Phi) is 5.09. The zero-order valence-corrected chi connectivity index (χ0v) is 14.2. The summed E-state index contributed by atoms with van der Waals surface area (Å²) in [5.74, 6) is 2.10. The van der Waals surface area contributed by atoms with E-state index in [0.29, 0.717) is 25.3 Å². The molecule has 1 amide bonds. The predicted octanol–water partition coefficient (Wildman–Crippen LogP) is 4.12. The summed E-state index contributed by atoms with van der Waals surface area (Å²) in [5, 5.41) is 0. The third-order valence-electron chi connectivity index (χ3n) is 4.81. The van der Waals surface area contributed by atoms with Crippen LogP contribution < -0.4 is 9.47 Å². The molecule has 4 heteroatoms. The summed E-state index contributed by atoms with van der Waals surface area (Å²) in [6, 6.07) is 6.44. The summed E-state index contributed by atoms with van der Waals surface area (Å²) in [7, 11) is 0. The fourth-order valence-corrected chi connectivity index (χ4v) is 3.20. The molecule has 23 heavy (non-hydrogen) atoms. The number of benzene rings is 1. The lowest BCUT2D eigenvalue weighted by molar-refractivity contribution is -0.137. The second-order valence-corrected chi connectivity index (χ2v) is 6.63. The molecule has 1 unspecified atom stereocenters. The molecule has 1 saturated carbocycles. The van der Waals surface area contributed by atoms with Crippen LogP contribution in [-0.4, -0.2) is 23.6 Å². The van der Waals surface area contributed by atoms with Crippen LogP contribution in [0.25, 0.3) is 0 Å². The largest absolute Gasteiger partial charge is 0.454 e. The van der Waals surface area contributed by atoms with Crippen molar-refractivity contribution in [2.75, 3.05) is 6.79 Å². The first kappa shape index (κ1) is 16.2. The minimum Gasteiger partial charge on any atom is -0.454 e. The van der Waals surface area contributed by atoms with Crippen molar-refractivity contribution in [1.29, 1.82) is 0 Å². The smallest absolute Gasteiger partial charge is 0.231 e. The monoisotopic (exact) mass is 317 g/mol. The van der Waals surface area contributed by atoms with Gasteiger partial charge in [0.25, 0.3) is 0 Å². The van der Waals surface area contributed by atoms with Gasteiger partial charge in [0.15, 0.2) is 11.5 Å². The van der Waals surface area contributed by atoms with E-state index in [0.717, 1.165) is 55.6 Å². The number of hydrogen-bond donors (Lipinski definition) is 0. The molecule has 1 aromatic carbocycles. The number of unbranched alkanes of at least 4 members (excludes halogenated alkanes) is 1. The van der Waals surface area contributed by atoms with Crippen LogP contribution in [0.5, 0.6) is 11.5 Å². The summed E-state index contributed by atoms with van der Waals surface area (Å²) in [6.07, 6.45) is 6.50. The Morgan fingerprint density at radius 3 is 2.74 bits per heavy atom. The van der Waals surface area contributed by atoms with E-state index in [4.69, 9.17) is 9.47 Å². The Bertz CT molecular complexity index is 554. The molecule has 1 atom stereocenters. The van der Waals surface area contributed by atoms with Crippen molar-refractivity contribution in [2.24, 2.45) is 5.92 Å². The number of ether oxygens (including phenoxy) is 2. The number of carbonyl (C=O) groups excluding carboxylic acids is 1. The lowest BCUT2D eigenvalue weighted by Crippen LogP contribution is -2.37. The summed E-state index contributed by atoms with van der Waals surface area (Å²) >= 11 is 0. The molecule has 2 aliphatic rings. The minimum absolute atomic E-state index is 0.171. The van der Waals surface area contributed by atoms with E-state index in [1.165, 1.54) is 0 Å². The molecular formula is C19H27NO3. The SMILES string of the molecule is CCCCC(CC)C(=O)N(Cc1ccc2c(c1)OCO2)C1CC1. The Balaban J connectivity index is 1.70. The van der Waals surface area contributed by atoms with Crippen molar-refractivity contribution < 1.29 is 14.3 Å². The molecule has 1 fully saturated rings. The molecule has 4 nitrogen and oxygen atoms in total. The minimum atomic E-state index is 0.171. The van der Waals surface area contributed by atoms with Crippen molar-refractivity contribution in [3.05, 3.63) is 23.8 Å². The lowest BCUT2D eigenvalue weighted by atomic mass is 9.97. The first-order valence-corrected chi connectivity index (χ1v) is 8.92. The summed E-state index contributed by atoms with van der Waals surface area (Å²) < 4.78 is 10.8. The number of rotatable bonds is 8. The van der Waals surface area contributed by atoms with E-state index in [1.54, 1.807) is 0 Å². The highest BCUT2D eigenvalue weighted by atomic mass is 16.7. The van der Waals surface area contributed by atoms with Gasteiger partial charge in [0.05, 0.1) is 0 Å². The van der Waals surface area contributed by atoms with Gasteiger partial charge >= 0.3 is 0 Å². The first-order valence-electron chi connectivity index (χ1n) is 8.92. The topological polar surface area (TPSA) is 38.8 Å². The van der Waals surface area contributed by atoms with E-state index in [9.17, 15) is 4.79 Å². The summed E-state index contributed by atoms with van der Waals surface area (Å²) in [5.41, 5.74) is 1.12. The standard InChI is InChI=1S/C19H27NO3/c1-3-5-6-15(4-2)19(21)20(16-8-9-16)12-14-7-10-17-18(11-14)23-13-22-17/h7,10-11,15-16H,3-6,8-9,12-13H2,1-2H3. The zero-order valence-electron chi connectivity index (χ0n) is 14.2. The fourth-order valence-electron chi connectivity index (χ4n) is 3.20. The van der Waals surface area contributed by atoms with Crippen LogP contribution >= 0.6 is 0 Å². The molecule has 1 aliphatic carbocycles. The molecular weight excluding hydrogens is 290 g/mol. The molecule has 1 aromatic rings. The molecule has 126 valence electrons. The van der Waals surface area contributed by atoms with Crippen LogP contribution in [-0.2, 0) is 11.3 Å². The van der Waals surface area contributed by atoms with Gasteiger partial charge in [0.2, 0.25) is 12.7 Å². The summed E-state index contributed by atoms with van der Waals surface area (Å²) in [4.78, 5) is 15.1. The Hall–Kier alpha value is -1.71. The second kappa shape index (κ2) is 7.24.